The van der Waals surface area contributed by atoms with Crippen LogP contribution in [0.3, 0.4) is 0 Å². The Labute approximate surface area is 205 Å². The van der Waals surface area contributed by atoms with Crippen LogP contribution in [0.4, 0.5) is 11.6 Å². The fourth-order valence-corrected chi connectivity index (χ4v) is 5.39. The van der Waals surface area contributed by atoms with E-state index in [0.717, 1.165) is 16.6 Å². The molecule has 2 N–H and O–H groups in total. The molecule has 0 radical (unpaired) electrons. The van der Waals surface area contributed by atoms with Gasteiger partial charge in [0, 0.05) is 45.7 Å². The van der Waals surface area contributed by atoms with E-state index >= 15 is 0 Å². The summed E-state index contributed by atoms with van der Waals surface area (Å²) in [6.07, 6.45) is 0.885. The minimum Gasteiger partial charge on any atom is -0.326 e. The van der Waals surface area contributed by atoms with Gasteiger partial charge in [0.05, 0.1) is 17.6 Å². The first-order valence-electron chi connectivity index (χ1n) is 11.5. The van der Waals surface area contributed by atoms with Crippen LogP contribution in [0.15, 0.2) is 48.5 Å². The first kappa shape index (κ1) is 24.8. The highest BCUT2D eigenvalue weighted by molar-refractivity contribution is 7.86. The third-order valence-electron chi connectivity index (χ3n) is 6.09. The number of aromatic nitrogens is 2. The number of carbonyl (C=O) groups is 2. The van der Waals surface area contributed by atoms with Crippen molar-refractivity contribution in [1.82, 2.24) is 18.2 Å². The molecule has 1 saturated heterocycles. The number of amides is 2. The van der Waals surface area contributed by atoms with E-state index in [1.807, 2.05) is 53.1 Å². The molecule has 2 aromatic carbocycles. The molecule has 4 rings (SSSR count). The van der Waals surface area contributed by atoms with Crippen molar-refractivity contribution in [3.05, 3.63) is 54.1 Å². The number of nitrogens with one attached hydrogen (secondary N) is 2. The molecule has 11 heteroatoms. The molecule has 0 aliphatic carbocycles. The Morgan fingerprint density at radius 1 is 1.06 bits per heavy atom. The fraction of sp³-hybridized carbons (Fsp3) is 0.375. The van der Waals surface area contributed by atoms with E-state index in [1.54, 1.807) is 0 Å². The van der Waals surface area contributed by atoms with Gasteiger partial charge in [0.2, 0.25) is 17.8 Å². The molecule has 3 aromatic rings. The summed E-state index contributed by atoms with van der Waals surface area (Å²) in [7, 11) is -0.477. The Balaban J connectivity index is 1.53. The second-order valence-electron chi connectivity index (χ2n) is 8.84. The first-order chi connectivity index (χ1) is 16.6. The van der Waals surface area contributed by atoms with Gasteiger partial charge in [0.15, 0.2) is 0 Å². The Kier molecular flexibility index (Phi) is 7.20. The van der Waals surface area contributed by atoms with E-state index in [9.17, 15) is 18.0 Å². The molecule has 0 unspecified atom stereocenters. The molecule has 0 saturated carbocycles. The highest BCUT2D eigenvalue weighted by atomic mass is 32.2. The maximum atomic E-state index is 13.1. The van der Waals surface area contributed by atoms with Crippen molar-refractivity contribution in [2.75, 3.05) is 37.8 Å². The van der Waals surface area contributed by atoms with Crippen LogP contribution in [-0.2, 0) is 26.3 Å². The molecule has 1 aliphatic rings. The standard InChI is InChI=1S/C24H30N6O4S/c1-17(31)25-20-8-6-7-18(15-20)16-30-22-10-5-4-9-21(22)26-24(30)27-23(32)19-11-13-29(14-12-19)35(33,34)28(2)3/h4-10,15,19H,11-14,16H2,1-3H3,(H,25,31)(H,26,27,32). The number of hydrogen-bond acceptors (Lipinski definition) is 5. The maximum absolute atomic E-state index is 13.1. The summed E-state index contributed by atoms with van der Waals surface area (Å²) in [5.74, 6) is -0.187. The number of nitrogens with zero attached hydrogens (tertiary/aromatic N) is 4. The van der Waals surface area contributed by atoms with Crippen molar-refractivity contribution in [3.8, 4) is 0 Å². The van der Waals surface area contributed by atoms with E-state index in [-0.39, 0.29) is 17.7 Å². The topological polar surface area (TPSA) is 117 Å². The summed E-state index contributed by atoms with van der Waals surface area (Å²) in [5, 5.41) is 5.77. The molecule has 1 aromatic heterocycles. The Morgan fingerprint density at radius 3 is 2.46 bits per heavy atom. The van der Waals surface area contributed by atoms with Gasteiger partial charge in [-0.1, -0.05) is 24.3 Å². The SMILES string of the molecule is CC(=O)Nc1cccc(Cn2c(NC(=O)C3CCN(S(=O)(=O)N(C)C)CC3)nc3ccccc32)c1. The molecule has 35 heavy (non-hydrogen) atoms. The molecule has 1 fully saturated rings. The first-order valence-corrected chi connectivity index (χ1v) is 12.8. The van der Waals surface area contributed by atoms with Crippen LogP contribution in [0.5, 0.6) is 0 Å². The summed E-state index contributed by atoms with van der Waals surface area (Å²) in [6.45, 7) is 2.50. The number of piperidine rings is 1. The molecule has 0 atom stereocenters. The van der Waals surface area contributed by atoms with E-state index < -0.39 is 10.2 Å². The van der Waals surface area contributed by atoms with Crippen LogP contribution < -0.4 is 10.6 Å². The van der Waals surface area contributed by atoms with Gasteiger partial charge in [-0.25, -0.2) is 4.98 Å². The molecular weight excluding hydrogens is 468 g/mol. The second-order valence-corrected chi connectivity index (χ2v) is 11.0. The molecule has 0 bridgehead atoms. The van der Waals surface area contributed by atoms with Gasteiger partial charge in [0.25, 0.3) is 10.2 Å². The van der Waals surface area contributed by atoms with Gasteiger partial charge >= 0.3 is 0 Å². The average molecular weight is 499 g/mol. The third-order valence-corrected chi connectivity index (χ3v) is 8.03. The number of benzene rings is 2. The third kappa shape index (κ3) is 5.53. The minimum absolute atomic E-state index is 0.146. The molecule has 0 spiro atoms. The fourth-order valence-electron chi connectivity index (χ4n) is 4.26. The highest BCUT2D eigenvalue weighted by Crippen LogP contribution is 2.25. The van der Waals surface area contributed by atoms with Gasteiger partial charge in [0.1, 0.15) is 0 Å². The average Bonchev–Trinajstić information content (AvgIpc) is 3.15. The lowest BCUT2D eigenvalue weighted by Crippen LogP contribution is -2.46. The summed E-state index contributed by atoms with van der Waals surface area (Å²) in [4.78, 5) is 29.2. The summed E-state index contributed by atoms with van der Waals surface area (Å²) < 4.78 is 29.3. The zero-order chi connectivity index (χ0) is 25.2. The molecule has 1 aliphatic heterocycles. The molecule has 10 nitrogen and oxygen atoms in total. The van der Waals surface area contributed by atoms with E-state index in [0.29, 0.717) is 44.1 Å². The van der Waals surface area contributed by atoms with Gasteiger partial charge < -0.3 is 9.88 Å². The van der Waals surface area contributed by atoms with E-state index in [1.165, 1.54) is 29.6 Å². The number of fused-ring (bicyclic) bond motifs is 1. The lowest BCUT2D eigenvalue weighted by molar-refractivity contribution is -0.121. The van der Waals surface area contributed by atoms with Crippen LogP contribution in [0.25, 0.3) is 11.0 Å². The highest BCUT2D eigenvalue weighted by Gasteiger charge is 2.32. The quantitative estimate of drug-likeness (QED) is 0.519. The number of para-hydroxylation sites is 2. The van der Waals surface area contributed by atoms with Gasteiger partial charge in [-0.05, 0) is 42.7 Å². The van der Waals surface area contributed by atoms with Crippen molar-refractivity contribution in [1.29, 1.82) is 0 Å². The zero-order valence-corrected chi connectivity index (χ0v) is 20.9. The number of anilines is 2. The summed E-state index contributed by atoms with van der Waals surface area (Å²) in [5.41, 5.74) is 3.27. The van der Waals surface area contributed by atoms with Crippen LogP contribution >= 0.6 is 0 Å². The summed E-state index contributed by atoms with van der Waals surface area (Å²) >= 11 is 0. The lowest BCUT2D eigenvalue weighted by atomic mass is 9.97. The van der Waals surface area contributed by atoms with Crippen LogP contribution in [-0.4, -0.2) is 65.6 Å². The zero-order valence-electron chi connectivity index (χ0n) is 20.1. The van der Waals surface area contributed by atoms with Crippen molar-refractivity contribution < 1.29 is 18.0 Å². The van der Waals surface area contributed by atoms with Crippen molar-refractivity contribution in [2.24, 2.45) is 5.92 Å². The Morgan fingerprint density at radius 2 is 1.77 bits per heavy atom. The smallest absolute Gasteiger partial charge is 0.281 e. The van der Waals surface area contributed by atoms with Crippen LogP contribution in [0, 0.1) is 5.92 Å². The number of hydrogen-bond donors (Lipinski definition) is 2. The predicted octanol–water partition coefficient (Wildman–Crippen LogP) is 2.50. The Hall–Kier alpha value is -3.28. The van der Waals surface area contributed by atoms with Crippen molar-refractivity contribution >= 4 is 44.7 Å². The van der Waals surface area contributed by atoms with Gasteiger partial charge in [-0.3, -0.25) is 14.9 Å². The number of rotatable bonds is 7. The van der Waals surface area contributed by atoms with E-state index in [2.05, 4.69) is 15.6 Å². The molecule has 2 amide bonds. The molecule has 186 valence electrons. The second kappa shape index (κ2) is 10.1. The monoisotopic (exact) mass is 498 g/mol. The Bertz CT molecular complexity index is 1340. The lowest BCUT2D eigenvalue weighted by Gasteiger charge is -2.32. The summed E-state index contributed by atoms with van der Waals surface area (Å²) in [6, 6.07) is 15.2. The van der Waals surface area contributed by atoms with Crippen molar-refractivity contribution in [3.63, 3.8) is 0 Å². The van der Waals surface area contributed by atoms with E-state index in [4.69, 9.17) is 0 Å². The van der Waals surface area contributed by atoms with Crippen LogP contribution in [0.2, 0.25) is 0 Å². The number of imidazole rings is 1. The number of carbonyl (C=O) groups excluding carboxylic acids is 2. The molecular formula is C24H30N6O4S. The van der Waals surface area contributed by atoms with Crippen molar-refractivity contribution in [2.45, 2.75) is 26.3 Å². The van der Waals surface area contributed by atoms with Crippen LogP contribution in [0.1, 0.15) is 25.3 Å². The molecule has 2 heterocycles. The maximum Gasteiger partial charge on any atom is 0.281 e. The minimum atomic E-state index is -3.49. The van der Waals surface area contributed by atoms with Gasteiger partial charge in [-0.2, -0.15) is 17.0 Å². The van der Waals surface area contributed by atoms with Gasteiger partial charge in [-0.15, -0.1) is 0 Å². The normalized spacial score (nSPS) is 15.4. The largest absolute Gasteiger partial charge is 0.326 e. The predicted molar refractivity (Wildman–Crippen MR) is 135 cm³/mol.